The van der Waals surface area contributed by atoms with E-state index in [-0.39, 0.29) is 24.2 Å². The largest absolute Gasteiger partial charge is 0.441 e. The van der Waals surface area contributed by atoms with Crippen molar-refractivity contribution >= 4 is 29.4 Å². The molecule has 1 aromatic carbocycles. The topological polar surface area (TPSA) is 81.2 Å². The summed E-state index contributed by atoms with van der Waals surface area (Å²) < 4.78 is 5.73. The van der Waals surface area contributed by atoms with E-state index < -0.39 is 5.54 Å². The van der Waals surface area contributed by atoms with Crippen molar-refractivity contribution in [3.8, 4) is 0 Å². The van der Waals surface area contributed by atoms with E-state index in [0.29, 0.717) is 18.9 Å². The standard InChI is InChI=1S/C18H25N3O2.ClH/c1-12-6-5-8-14-16(12)21-15(23-14)9-11-20-17(22)13-7-3-4-10-18(13,2)19;/h5-6,8,13H,3-4,7,9-11,19H2,1-2H3,(H,20,22);1H. The minimum Gasteiger partial charge on any atom is -0.441 e. The fourth-order valence-electron chi connectivity index (χ4n) is 3.44. The first-order valence-corrected chi connectivity index (χ1v) is 8.39. The van der Waals surface area contributed by atoms with Gasteiger partial charge in [0.25, 0.3) is 0 Å². The Balaban J connectivity index is 0.00000208. The Kier molecular flexibility index (Phi) is 5.88. The van der Waals surface area contributed by atoms with Crippen LogP contribution in [0.3, 0.4) is 0 Å². The van der Waals surface area contributed by atoms with E-state index in [1.165, 1.54) is 0 Å². The van der Waals surface area contributed by atoms with Gasteiger partial charge in [0.2, 0.25) is 5.91 Å². The SMILES string of the molecule is Cc1cccc2oc(CCNC(=O)C3CCCCC3(C)N)nc12.Cl. The Bertz CT molecular complexity index is 711. The number of fused-ring (bicyclic) bond motifs is 1. The Morgan fingerprint density at radius 1 is 1.46 bits per heavy atom. The van der Waals surface area contributed by atoms with Gasteiger partial charge in [0.05, 0.1) is 5.92 Å². The molecule has 1 fully saturated rings. The fourth-order valence-corrected chi connectivity index (χ4v) is 3.44. The highest BCUT2D eigenvalue weighted by atomic mass is 35.5. The molecule has 3 N–H and O–H groups in total. The third kappa shape index (κ3) is 3.90. The molecule has 0 saturated heterocycles. The molecular weight excluding hydrogens is 326 g/mol. The van der Waals surface area contributed by atoms with Crippen molar-refractivity contribution in [3.63, 3.8) is 0 Å². The predicted molar refractivity (Wildman–Crippen MR) is 97.3 cm³/mol. The first-order valence-electron chi connectivity index (χ1n) is 8.39. The zero-order chi connectivity index (χ0) is 16.4. The van der Waals surface area contributed by atoms with E-state index in [2.05, 4.69) is 10.3 Å². The number of nitrogens with two attached hydrogens (primary N) is 1. The lowest BCUT2D eigenvalue weighted by Gasteiger charge is -2.37. The van der Waals surface area contributed by atoms with Crippen LogP contribution < -0.4 is 11.1 Å². The summed E-state index contributed by atoms with van der Waals surface area (Å²) in [7, 11) is 0. The van der Waals surface area contributed by atoms with Crippen LogP contribution in [0.15, 0.2) is 22.6 Å². The third-order valence-corrected chi connectivity index (χ3v) is 4.87. The summed E-state index contributed by atoms with van der Waals surface area (Å²) in [5.41, 5.74) is 8.69. The Labute approximate surface area is 148 Å². The van der Waals surface area contributed by atoms with Crippen LogP contribution in [-0.4, -0.2) is 23.0 Å². The van der Waals surface area contributed by atoms with Gasteiger partial charge >= 0.3 is 0 Å². The molecule has 6 heteroatoms. The lowest BCUT2D eigenvalue weighted by molar-refractivity contribution is -0.128. The summed E-state index contributed by atoms with van der Waals surface area (Å²) in [5, 5.41) is 3.00. The maximum absolute atomic E-state index is 12.4. The van der Waals surface area contributed by atoms with E-state index >= 15 is 0 Å². The molecule has 2 aromatic rings. The van der Waals surface area contributed by atoms with Gasteiger partial charge in [-0.25, -0.2) is 4.98 Å². The van der Waals surface area contributed by atoms with E-state index in [9.17, 15) is 4.79 Å². The number of halogens is 1. The minimum atomic E-state index is -0.392. The molecule has 1 aliphatic rings. The minimum absolute atomic E-state index is 0. The summed E-state index contributed by atoms with van der Waals surface area (Å²) in [6, 6.07) is 5.89. The van der Waals surface area contributed by atoms with E-state index in [1.807, 2.05) is 32.0 Å². The van der Waals surface area contributed by atoms with Crippen molar-refractivity contribution in [1.29, 1.82) is 0 Å². The lowest BCUT2D eigenvalue weighted by atomic mass is 9.74. The second-order valence-corrected chi connectivity index (χ2v) is 6.87. The number of nitrogens with one attached hydrogen (secondary N) is 1. The molecular formula is C18H26ClN3O2. The maximum Gasteiger partial charge on any atom is 0.224 e. The van der Waals surface area contributed by atoms with Crippen LogP contribution in [0.25, 0.3) is 11.1 Å². The number of nitrogens with zero attached hydrogens (tertiary/aromatic N) is 1. The summed E-state index contributed by atoms with van der Waals surface area (Å²) >= 11 is 0. The highest BCUT2D eigenvalue weighted by Crippen LogP contribution is 2.31. The molecule has 2 unspecified atom stereocenters. The van der Waals surface area contributed by atoms with Crippen molar-refractivity contribution in [1.82, 2.24) is 10.3 Å². The van der Waals surface area contributed by atoms with Crippen molar-refractivity contribution < 1.29 is 9.21 Å². The summed E-state index contributed by atoms with van der Waals surface area (Å²) in [6.07, 6.45) is 4.57. The van der Waals surface area contributed by atoms with Gasteiger partial charge in [-0.15, -0.1) is 12.4 Å². The molecule has 0 aliphatic heterocycles. The highest BCUT2D eigenvalue weighted by Gasteiger charge is 2.37. The summed E-state index contributed by atoms with van der Waals surface area (Å²) in [4.78, 5) is 16.9. The van der Waals surface area contributed by atoms with E-state index in [1.54, 1.807) is 0 Å². The number of para-hydroxylation sites is 1. The smallest absolute Gasteiger partial charge is 0.224 e. The van der Waals surface area contributed by atoms with Crippen molar-refractivity contribution in [2.75, 3.05) is 6.54 Å². The fraction of sp³-hybridized carbons (Fsp3) is 0.556. The van der Waals surface area contributed by atoms with Crippen LogP contribution >= 0.6 is 12.4 Å². The Hall–Kier alpha value is -1.59. The molecule has 0 radical (unpaired) electrons. The number of benzene rings is 1. The van der Waals surface area contributed by atoms with Gasteiger partial charge in [0.1, 0.15) is 5.52 Å². The van der Waals surface area contributed by atoms with Gasteiger partial charge in [-0.3, -0.25) is 4.79 Å². The second kappa shape index (κ2) is 7.53. The number of carbonyl (C=O) groups is 1. The van der Waals surface area contributed by atoms with Crippen LogP contribution in [0.2, 0.25) is 0 Å². The molecule has 2 atom stereocenters. The van der Waals surface area contributed by atoms with Crippen molar-refractivity contribution in [2.24, 2.45) is 11.7 Å². The number of amides is 1. The molecule has 132 valence electrons. The van der Waals surface area contributed by atoms with Crippen molar-refractivity contribution in [3.05, 3.63) is 29.7 Å². The first kappa shape index (κ1) is 18.7. The lowest BCUT2D eigenvalue weighted by Crippen LogP contribution is -2.53. The molecule has 24 heavy (non-hydrogen) atoms. The first-order chi connectivity index (χ1) is 11.0. The van der Waals surface area contributed by atoms with Crippen LogP contribution in [0.4, 0.5) is 0 Å². The zero-order valence-electron chi connectivity index (χ0n) is 14.3. The van der Waals surface area contributed by atoms with Crippen LogP contribution in [-0.2, 0) is 11.2 Å². The van der Waals surface area contributed by atoms with Gasteiger partial charge in [-0.1, -0.05) is 25.0 Å². The van der Waals surface area contributed by atoms with Gasteiger partial charge in [0, 0.05) is 18.5 Å². The quantitative estimate of drug-likeness (QED) is 0.886. The predicted octanol–water partition coefficient (Wildman–Crippen LogP) is 3.12. The average Bonchev–Trinajstić information content (AvgIpc) is 2.91. The Morgan fingerprint density at radius 2 is 2.25 bits per heavy atom. The normalized spacial score (nSPS) is 23.7. The monoisotopic (exact) mass is 351 g/mol. The van der Waals surface area contributed by atoms with Crippen LogP contribution in [0.5, 0.6) is 0 Å². The number of aryl methyl sites for hydroxylation is 1. The van der Waals surface area contributed by atoms with Gasteiger partial charge in [0.15, 0.2) is 11.5 Å². The molecule has 3 rings (SSSR count). The molecule has 1 amide bonds. The number of rotatable bonds is 4. The number of hydrogen-bond acceptors (Lipinski definition) is 4. The molecule has 0 bridgehead atoms. The molecule has 1 aromatic heterocycles. The maximum atomic E-state index is 12.4. The van der Waals surface area contributed by atoms with Crippen LogP contribution in [0.1, 0.15) is 44.1 Å². The van der Waals surface area contributed by atoms with Gasteiger partial charge in [-0.2, -0.15) is 0 Å². The zero-order valence-corrected chi connectivity index (χ0v) is 15.1. The van der Waals surface area contributed by atoms with E-state index in [0.717, 1.165) is 42.3 Å². The molecule has 1 aliphatic carbocycles. The summed E-state index contributed by atoms with van der Waals surface area (Å²) in [5.74, 6) is 0.623. The second-order valence-electron chi connectivity index (χ2n) is 6.87. The number of aromatic nitrogens is 1. The van der Waals surface area contributed by atoms with Gasteiger partial charge in [-0.05, 0) is 38.3 Å². The number of carbonyl (C=O) groups excluding carboxylic acids is 1. The number of hydrogen-bond donors (Lipinski definition) is 2. The van der Waals surface area contributed by atoms with Crippen LogP contribution in [0, 0.1) is 12.8 Å². The van der Waals surface area contributed by atoms with E-state index in [4.69, 9.17) is 10.2 Å². The summed E-state index contributed by atoms with van der Waals surface area (Å²) in [6.45, 7) is 4.53. The molecule has 0 spiro atoms. The number of oxazole rings is 1. The van der Waals surface area contributed by atoms with Gasteiger partial charge < -0.3 is 15.5 Å². The molecule has 1 saturated carbocycles. The molecule has 1 heterocycles. The highest BCUT2D eigenvalue weighted by molar-refractivity contribution is 5.85. The molecule has 5 nitrogen and oxygen atoms in total. The van der Waals surface area contributed by atoms with Crippen molar-refractivity contribution in [2.45, 2.75) is 51.5 Å². The average molecular weight is 352 g/mol. The third-order valence-electron chi connectivity index (χ3n) is 4.87. The Morgan fingerprint density at radius 3 is 2.96 bits per heavy atom.